The number of carbonyl (C=O) groups excluding carboxylic acids is 1. The highest BCUT2D eigenvalue weighted by Gasteiger charge is 2.01. The molecule has 1 nitrogen and oxygen atoms in total. The van der Waals surface area contributed by atoms with Crippen molar-refractivity contribution < 1.29 is 4.79 Å². The highest BCUT2D eigenvalue weighted by Crippen LogP contribution is 2.06. The van der Waals surface area contributed by atoms with E-state index in [4.69, 9.17) is 0 Å². The van der Waals surface area contributed by atoms with Crippen LogP contribution in [-0.2, 0) is 4.79 Å². The Bertz CT molecular complexity index is 105. The Kier molecular flexibility index (Phi) is 4.02. The molecule has 0 aromatic rings. The number of rotatable bonds is 4. The van der Waals surface area contributed by atoms with Gasteiger partial charge in [0.15, 0.2) is 5.78 Å². The summed E-state index contributed by atoms with van der Waals surface area (Å²) in [6, 6.07) is 0. The van der Waals surface area contributed by atoms with Crippen molar-refractivity contribution in [3.05, 3.63) is 12.7 Å². The fourth-order valence-corrected chi connectivity index (χ4v) is 0.571. The van der Waals surface area contributed by atoms with E-state index in [1.165, 1.54) is 6.08 Å². The predicted molar refractivity (Wildman–Crippen MR) is 39.3 cm³/mol. The van der Waals surface area contributed by atoms with E-state index < -0.39 is 0 Å². The van der Waals surface area contributed by atoms with Gasteiger partial charge in [-0.15, -0.1) is 0 Å². The maximum atomic E-state index is 10.7. The fraction of sp³-hybridized carbons (Fsp3) is 0.625. The van der Waals surface area contributed by atoms with E-state index in [-0.39, 0.29) is 5.78 Å². The molecule has 0 aromatic carbocycles. The first-order chi connectivity index (χ1) is 4.20. The number of hydrogen-bond acceptors (Lipinski definition) is 1. The normalized spacial score (nSPS) is 12.7. The molecule has 0 amide bonds. The van der Waals surface area contributed by atoms with Crippen molar-refractivity contribution in [2.45, 2.75) is 26.7 Å². The summed E-state index contributed by atoms with van der Waals surface area (Å²) in [4.78, 5) is 10.7. The second-order valence-electron chi connectivity index (χ2n) is 2.39. The van der Waals surface area contributed by atoms with E-state index in [1.54, 1.807) is 0 Å². The second-order valence-corrected chi connectivity index (χ2v) is 2.39. The van der Waals surface area contributed by atoms with E-state index >= 15 is 0 Å². The Labute approximate surface area is 56.8 Å². The summed E-state index contributed by atoms with van der Waals surface area (Å²) in [6.07, 6.45) is 3.12. The van der Waals surface area contributed by atoms with Crippen LogP contribution >= 0.6 is 0 Å². The third-order valence-corrected chi connectivity index (χ3v) is 1.47. The maximum absolute atomic E-state index is 10.7. The molecule has 0 heterocycles. The third kappa shape index (κ3) is 3.95. The number of hydrogen-bond donors (Lipinski definition) is 0. The molecular formula is C8H14O. The first-order valence-corrected chi connectivity index (χ1v) is 3.36. The monoisotopic (exact) mass is 126 g/mol. The first kappa shape index (κ1) is 8.41. The van der Waals surface area contributed by atoms with Crippen LogP contribution in [0.15, 0.2) is 12.7 Å². The molecule has 0 aliphatic carbocycles. The summed E-state index contributed by atoms with van der Waals surface area (Å²) < 4.78 is 0. The predicted octanol–water partition coefficient (Wildman–Crippen LogP) is 2.18. The van der Waals surface area contributed by atoms with Gasteiger partial charge in [0.2, 0.25) is 0 Å². The minimum atomic E-state index is 0.157. The molecule has 52 valence electrons. The lowest BCUT2D eigenvalue weighted by Crippen LogP contribution is -2.00. The Morgan fingerprint density at radius 2 is 2.33 bits per heavy atom. The Morgan fingerprint density at radius 3 is 2.67 bits per heavy atom. The van der Waals surface area contributed by atoms with Crippen LogP contribution in [0, 0.1) is 5.92 Å². The highest BCUT2D eigenvalue weighted by atomic mass is 16.1. The van der Waals surface area contributed by atoms with Crippen molar-refractivity contribution in [1.29, 1.82) is 0 Å². The van der Waals surface area contributed by atoms with E-state index in [0.717, 1.165) is 6.42 Å². The standard InChI is InChI=1S/C8H14O/c1-4-7(3)6-8(9)5-2/h5,7H,2,4,6H2,1,3H3/t7-/m1/s1. The molecule has 0 saturated heterocycles. The van der Waals surface area contributed by atoms with Gasteiger partial charge in [-0.2, -0.15) is 0 Å². The largest absolute Gasteiger partial charge is 0.295 e. The molecule has 9 heavy (non-hydrogen) atoms. The van der Waals surface area contributed by atoms with Crippen molar-refractivity contribution >= 4 is 5.78 Å². The zero-order valence-corrected chi connectivity index (χ0v) is 6.18. The van der Waals surface area contributed by atoms with Crippen molar-refractivity contribution in [2.75, 3.05) is 0 Å². The van der Waals surface area contributed by atoms with E-state index in [0.29, 0.717) is 12.3 Å². The lowest BCUT2D eigenvalue weighted by Gasteiger charge is -2.02. The molecule has 0 saturated carbocycles. The molecule has 0 rings (SSSR count). The third-order valence-electron chi connectivity index (χ3n) is 1.47. The van der Waals surface area contributed by atoms with Gasteiger partial charge in [-0.1, -0.05) is 26.8 Å². The fourth-order valence-electron chi connectivity index (χ4n) is 0.571. The van der Waals surface area contributed by atoms with Crippen LogP contribution in [0.4, 0.5) is 0 Å². The second kappa shape index (κ2) is 4.30. The topological polar surface area (TPSA) is 17.1 Å². The first-order valence-electron chi connectivity index (χ1n) is 3.36. The van der Waals surface area contributed by atoms with Crippen LogP contribution in [0.2, 0.25) is 0 Å². The van der Waals surface area contributed by atoms with Gasteiger partial charge in [-0.05, 0) is 12.0 Å². The van der Waals surface area contributed by atoms with Gasteiger partial charge in [0, 0.05) is 6.42 Å². The van der Waals surface area contributed by atoms with Gasteiger partial charge in [0.05, 0.1) is 0 Å². The maximum Gasteiger partial charge on any atom is 0.155 e. The van der Waals surface area contributed by atoms with Crippen molar-refractivity contribution in [2.24, 2.45) is 5.92 Å². The molecule has 0 spiro atoms. The molecule has 0 radical (unpaired) electrons. The van der Waals surface area contributed by atoms with Crippen LogP contribution in [0.25, 0.3) is 0 Å². The Balaban J connectivity index is 3.46. The summed E-state index contributed by atoms with van der Waals surface area (Å²) in [7, 11) is 0. The van der Waals surface area contributed by atoms with Gasteiger partial charge in [-0.3, -0.25) is 4.79 Å². The molecule has 0 unspecified atom stereocenters. The molecule has 0 aliphatic rings. The van der Waals surface area contributed by atoms with Gasteiger partial charge in [0.25, 0.3) is 0 Å². The number of carbonyl (C=O) groups is 1. The van der Waals surface area contributed by atoms with Gasteiger partial charge in [-0.25, -0.2) is 0 Å². The van der Waals surface area contributed by atoms with Crippen LogP contribution in [0.5, 0.6) is 0 Å². The average molecular weight is 126 g/mol. The van der Waals surface area contributed by atoms with Crippen LogP contribution < -0.4 is 0 Å². The highest BCUT2D eigenvalue weighted by molar-refractivity contribution is 5.89. The summed E-state index contributed by atoms with van der Waals surface area (Å²) in [5.74, 6) is 0.667. The Morgan fingerprint density at radius 1 is 1.78 bits per heavy atom. The lowest BCUT2D eigenvalue weighted by atomic mass is 10.0. The summed E-state index contributed by atoms with van der Waals surface area (Å²) in [5, 5.41) is 0. The quantitative estimate of drug-likeness (QED) is 0.528. The van der Waals surface area contributed by atoms with Crippen molar-refractivity contribution in [3.63, 3.8) is 0 Å². The summed E-state index contributed by atoms with van der Waals surface area (Å²) in [5.41, 5.74) is 0. The van der Waals surface area contributed by atoms with Crippen LogP contribution in [0.1, 0.15) is 26.7 Å². The molecule has 0 fully saturated rings. The van der Waals surface area contributed by atoms with Crippen LogP contribution in [-0.4, -0.2) is 5.78 Å². The van der Waals surface area contributed by atoms with E-state index in [9.17, 15) is 4.79 Å². The summed E-state index contributed by atoms with van der Waals surface area (Å²) >= 11 is 0. The zero-order valence-electron chi connectivity index (χ0n) is 6.18. The van der Waals surface area contributed by atoms with E-state index in [1.807, 2.05) is 0 Å². The molecular weight excluding hydrogens is 112 g/mol. The minimum Gasteiger partial charge on any atom is -0.295 e. The van der Waals surface area contributed by atoms with Crippen molar-refractivity contribution in [1.82, 2.24) is 0 Å². The van der Waals surface area contributed by atoms with Gasteiger partial charge >= 0.3 is 0 Å². The molecule has 0 bridgehead atoms. The lowest BCUT2D eigenvalue weighted by molar-refractivity contribution is -0.115. The van der Waals surface area contributed by atoms with Gasteiger partial charge in [0.1, 0.15) is 0 Å². The van der Waals surface area contributed by atoms with Gasteiger partial charge < -0.3 is 0 Å². The minimum absolute atomic E-state index is 0.157. The summed E-state index contributed by atoms with van der Waals surface area (Å²) in [6.45, 7) is 7.55. The zero-order chi connectivity index (χ0) is 7.28. The smallest absolute Gasteiger partial charge is 0.155 e. The number of allylic oxidation sites excluding steroid dienone is 1. The molecule has 0 aliphatic heterocycles. The van der Waals surface area contributed by atoms with Crippen LogP contribution in [0.3, 0.4) is 0 Å². The average Bonchev–Trinajstić information content (AvgIpc) is 1.87. The molecule has 0 aromatic heterocycles. The Hall–Kier alpha value is -0.590. The van der Waals surface area contributed by atoms with E-state index in [2.05, 4.69) is 20.4 Å². The van der Waals surface area contributed by atoms with Crippen molar-refractivity contribution in [3.8, 4) is 0 Å². The molecule has 1 heteroatoms. The number of ketones is 1. The molecule has 0 N–H and O–H groups in total. The SMILES string of the molecule is C=CC(=O)C[C@H](C)CC. The molecule has 1 atom stereocenters.